The summed E-state index contributed by atoms with van der Waals surface area (Å²) in [6.07, 6.45) is -1.03. The third kappa shape index (κ3) is 2.21. The number of hydrogen-bond acceptors (Lipinski definition) is 3. The van der Waals surface area contributed by atoms with Gasteiger partial charge in [0.2, 0.25) is 5.91 Å². The molecule has 2 amide bonds. The van der Waals surface area contributed by atoms with Gasteiger partial charge in [0.15, 0.2) is 0 Å². The van der Waals surface area contributed by atoms with Crippen LogP contribution in [0.5, 0.6) is 0 Å². The topological polar surface area (TPSA) is 69.6 Å². The van der Waals surface area contributed by atoms with Crippen LogP contribution in [0.2, 0.25) is 0 Å². The highest BCUT2D eigenvalue weighted by Crippen LogP contribution is 2.37. The fraction of sp³-hybridized carbons (Fsp3) is 0.273. The van der Waals surface area contributed by atoms with Crippen molar-refractivity contribution in [3.05, 3.63) is 18.2 Å². The van der Waals surface area contributed by atoms with Crippen molar-refractivity contribution in [3.8, 4) is 0 Å². The molecular weight excluding hydrogens is 240 g/mol. The van der Waals surface area contributed by atoms with Crippen molar-refractivity contribution in [2.24, 2.45) is 0 Å². The Balaban J connectivity index is 2.35. The van der Waals surface area contributed by atoms with Crippen LogP contribution in [0.1, 0.15) is 6.92 Å². The molecule has 0 spiro atoms. The van der Waals surface area contributed by atoms with E-state index in [9.17, 15) is 9.59 Å². The Morgan fingerprint density at radius 3 is 2.88 bits per heavy atom. The van der Waals surface area contributed by atoms with Crippen molar-refractivity contribution in [1.82, 2.24) is 0 Å². The molecule has 0 aromatic heterocycles. The number of thioether (sulfide) groups is 1. The lowest BCUT2D eigenvalue weighted by Crippen LogP contribution is -2.27. The summed E-state index contributed by atoms with van der Waals surface area (Å²) in [5, 5.41) is 11.5. The zero-order valence-corrected chi connectivity index (χ0v) is 10.2. The quantitative estimate of drug-likeness (QED) is 0.804. The molecule has 0 bridgehead atoms. The Labute approximate surface area is 103 Å². The first-order valence-electron chi connectivity index (χ1n) is 5.07. The maximum Gasteiger partial charge on any atom is 0.411 e. The van der Waals surface area contributed by atoms with Gasteiger partial charge in [0, 0.05) is 17.6 Å². The van der Waals surface area contributed by atoms with E-state index in [1.54, 1.807) is 12.1 Å². The van der Waals surface area contributed by atoms with Crippen molar-refractivity contribution >= 4 is 35.1 Å². The Bertz CT molecular complexity index is 490. The van der Waals surface area contributed by atoms with Crippen molar-refractivity contribution in [2.45, 2.75) is 17.1 Å². The van der Waals surface area contributed by atoms with E-state index in [4.69, 9.17) is 5.11 Å². The van der Waals surface area contributed by atoms with E-state index >= 15 is 0 Å². The van der Waals surface area contributed by atoms with Gasteiger partial charge in [-0.2, -0.15) is 0 Å². The summed E-state index contributed by atoms with van der Waals surface area (Å²) in [6, 6.07) is 5.22. The van der Waals surface area contributed by atoms with Crippen molar-refractivity contribution in [1.29, 1.82) is 0 Å². The minimum Gasteiger partial charge on any atom is -0.465 e. The van der Waals surface area contributed by atoms with E-state index in [0.717, 1.165) is 9.80 Å². The normalized spacial score (nSPS) is 18.2. The van der Waals surface area contributed by atoms with E-state index in [-0.39, 0.29) is 11.2 Å². The van der Waals surface area contributed by atoms with Crippen LogP contribution in [0.25, 0.3) is 0 Å². The van der Waals surface area contributed by atoms with Gasteiger partial charge in [0.1, 0.15) is 0 Å². The van der Waals surface area contributed by atoms with Gasteiger partial charge in [-0.1, -0.05) is 0 Å². The van der Waals surface area contributed by atoms with Crippen LogP contribution in [0.4, 0.5) is 16.2 Å². The first-order valence-corrected chi connectivity index (χ1v) is 5.95. The highest BCUT2D eigenvalue weighted by molar-refractivity contribution is 8.00. The first-order chi connectivity index (χ1) is 7.99. The van der Waals surface area contributed by atoms with E-state index in [1.807, 2.05) is 13.0 Å². The van der Waals surface area contributed by atoms with Crippen LogP contribution in [-0.2, 0) is 4.79 Å². The monoisotopic (exact) mass is 252 g/mol. The van der Waals surface area contributed by atoms with E-state index in [2.05, 4.69) is 5.32 Å². The second kappa shape index (κ2) is 4.29. The number of nitrogens with zero attached hydrogens (tertiary/aromatic N) is 1. The van der Waals surface area contributed by atoms with Crippen LogP contribution >= 0.6 is 11.8 Å². The summed E-state index contributed by atoms with van der Waals surface area (Å²) < 4.78 is 0. The van der Waals surface area contributed by atoms with Crippen molar-refractivity contribution < 1.29 is 14.7 Å². The molecule has 1 unspecified atom stereocenters. The number of benzene rings is 1. The van der Waals surface area contributed by atoms with Gasteiger partial charge in [0.05, 0.1) is 10.9 Å². The number of anilines is 2. The summed E-state index contributed by atoms with van der Waals surface area (Å²) >= 11 is 1.47. The standard InChI is InChI=1S/C11H12N2O3S/c1-6-10(14)12-8-5-7(13(2)11(15)16)3-4-9(8)17-6/h3-6H,1-2H3,(H,12,14)(H,15,16). The molecule has 6 heteroatoms. The fourth-order valence-corrected chi connectivity index (χ4v) is 2.45. The molecular formula is C11H12N2O3S. The molecule has 1 aliphatic heterocycles. The van der Waals surface area contributed by atoms with E-state index in [1.165, 1.54) is 18.8 Å². The largest absolute Gasteiger partial charge is 0.465 e. The summed E-state index contributed by atoms with van der Waals surface area (Å²) in [5.74, 6) is -0.0578. The van der Waals surface area contributed by atoms with Gasteiger partial charge >= 0.3 is 6.09 Å². The highest BCUT2D eigenvalue weighted by atomic mass is 32.2. The number of hydrogen-bond donors (Lipinski definition) is 2. The van der Waals surface area contributed by atoms with Crippen LogP contribution in [-0.4, -0.2) is 29.4 Å². The number of fused-ring (bicyclic) bond motifs is 1. The number of rotatable bonds is 1. The second-order valence-electron chi connectivity index (χ2n) is 3.77. The molecule has 90 valence electrons. The summed E-state index contributed by atoms with van der Waals surface area (Å²) in [4.78, 5) is 24.4. The number of carbonyl (C=O) groups is 2. The lowest BCUT2D eigenvalue weighted by Gasteiger charge is -2.23. The molecule has 0 fully saturated rings. The Morgan fingerprint density at radius 2 is 2.24 bits per heavy atom. The predicted molar refractivity (Wildman–Crippen MR) is 66.8 cm³/mol. The smallest absolute Gasteiger partial charge is 0.411 e. The molecule has 1 aromatic carbocycles. The average molecular weight is 252 g/mol. The number of carbonyl (C=O) groups excluding carboxylic acids is 1. The molecule has 1 heterocycles. The third-order valence-electron chi connectivity index (χ3n) is 2.57. The number of carboxylic acid groups (broad SMARTS) is 1. The highest BCUT2D eigenvalue weighted by Gasteiger charge is 2.23. The maximum atomic E-state index is 11.5. The number of nitrogens with one attached hydrogen (secondary N) is 1. The fourth-order valence-electron chi connectivity index (χ4n) is 1.52. The lowest BCUT2D eigenvalue weighted by atomic mass is 10.2. The summed E-state index contributed by atoms with van der Waals surface area (Å²) in [6.45, 7) is 1.83. The Hall–Kier alpha value is -1.69. The van der Waals surface area contributed by atoms with Crippen LogP contribution in [0.15, 0.2) is 23.1 Å². The van der Waals surface area contributed by atoms with Crippen LogP contribution in [0, 0.1) is 0 Å². The van der Waals surface area contributed by atoms with E-state index < -0.39 is 6.09 Å². The number of amides is 2. The van der Waals surface area contributed by atoms with Gasteiger partial charge in [-0.25, -0.2) is 4.79 Å². The Morgan fingerprint density at radius 1 is 1.53 bits per heavy atom. The van der Waals surface area contributed by atoms with Gasteiger partial charge in [-0.3, -0.25) is 9.69 Å². The zero-order valence-electron chi connectivity index (χ0n) is 9.43. The summed E-state index contributed by atoms with van der Waals surface area (Å²) in [5.41, 5.74) is 1.20. The zero-order chi connectivity index (χ0) is 12.6. The Kier molecular flexibility index (Phi) is 2.97. The van der Waals surface area contributed by atoms with Gasteiger partial charge in [-0.05, 0) is 25.1 Å². The molecule has 1 aromatic rings. The first kappa shape index (κ1) is 11.8. The minimum absolute atomic E-state index is 0.0578. The van der Waals surface area contributed by atoms with Crippen LogP contribution in [0.3, 0.4) is 0 Å². The van der Waals surface area contributed by atoms with Crippen LogP contribution < -0.4 is 10.2 Å². The molecule has 0 radical (unpaired) electrons. The van der Waals surface area contributed by atoms with Gasteiger partial charge in [-0.15, -0.1) is 11.8 Å². The predicted octanol–water partition coefficient (Wildman–Crippen LogP) is 2.23. The average Bonchev–Trinajstić information content (AvgIpc) is 2.29. The summed E-state index contributed by atoms with van der Waals surface area (Å²) in [7, 11) is 1.46. The van der Waals surface area contributed by atoms with Gasteiger partial charge in [0.25, 0.3) is 0 Å². The molecule has 0 aliphatic carbocycles. The van der Waals surface area contributed by atoms with Crippen molar-refractivity contribution in [2.75, 3.05) is 17.3 Å². The third-order valence-corrected chi connectivity index (χ3v) is 3.75. The van der Waals surface area contributed by atoms with E-state index in [0.29, 0.717) is 11.4 Å². The van der Waals surface area contributed by atoms with Crippen molar-refractivity contribution in [3.63, 3.8) is 0 Å². The minimum atomic E-state index is -1.03. The SMILES string of the molecule is CC1Sc2ccc(N(C)C(=O)O)cc2NC1=O. The molecule has 2 N–H and O–H groups in total. The van der Waals surface area contributed by atoms with Gasteiger partial charge < -0.3 is 10.4 Å². The molecule has 0 saturated heterocycles. The molecule has 2 rings (SSSR count). The molecule has 17 heavy (non-hydrogen) atoms. The molecule has 0 saturated carbocycles. The maximum absolute atomic E-state index is 11.5. The lowest BCUT2D eigenvalue weighted by molar-refractivity contribution is -0.115. The molecule has 1 aliphatic rings. The second-order valence-corrected chi connectivity index (χ2v) is 5.15. The molecule has 5 nitrogen and oxygen atoms in total. The molecule has 1 atom stereocenters.